The van der Waals surface area contributed by atoms with Crippen molar-refractivity contribution in [3.05, 3.63) is 50.2 Å². The minimum atomic E-state index is -0.442. The Labute approximate surface area is 125 Å². The number of nitrogens with zero attached hydrogens (tertiary/aromatic N) is 1. The Bertz CT molecular complexity index is 992. The molecular formula is C16H16N2O4. The quantitative estimate of drug-likeness (QED) is 0.758. The lowest BCUT2D eigenvalue weighted by Gasteiger charge is -2.11. The molecule has 0 aliphatic heterocycles. The van der Waals surface area contributed by atoms with Gasteiger partial charge in [-0.05, 0) is 25.5 Å². The SMILES string of the molecule is CCc1c(-c2ccc3c(c2)oc(=O)n3C)[nH]c(=O)c(C)c1O. The molecule has 0 radical (unpaired) electrons. The van der Waals surface area contributed by atoms with Gasteiger partial charge >= 0.3 is 5.76 Å². The molecule has 0 saturated carbocycles. The molecule has 0 aliphatic carbocycles. The molecule has 0 saturated heterocycles. The Balaban J connectivity index is 2.32. The number of hydrogen-bond acceptors (Lipinski definition) is 4. The number of aromatic amines is 1. The van der Waals surface area contributed by atoms with Crippen molar-refractivity contribution >= 4 is 11.1 Å². The zero-order valence-electron chi connectivity index (χ0n) is 12.6. The van der Waals surface area contributed by atoms with Crippen molar-refractivity contribution < 1.29 is 9.52 Å². The van der Waals surface area contributed by atoms with Gasteiger partial charge in [0.1, 0.15) is 5.75 Å². The average Bonchev–Trinajstić information content (AvgIpc) is 2.79. The first kappa shape index (κ1) is 14.2. The summed E-state index contributed by atoms with van der Waals surface area (Å²) >= 11 is 0. The summed E-state index contributed by atoms with van der Waals surface area (Å²) in [6.07, 6.45) is 0.565. The highest BCUT2D eigenvalue weighted by Gasteiger charge is 2.16. The van der Waals surface area contributed by atoms with Crippen LogP contribution in [0, 0.1) is 6.92 Å². The molecule has 114 valence electrons. The van der Waals surface area contributed by atoms with Crippen LogP contribution in [0.2, 0.25) is 0 Å². The second-order valence-electron chi connectivity index (χ2n) is 5.24. The zero-order chi connectivity index (χ0) is 16.0. The highest BCUT2D eigenvalue weighted by atomic mass is 16.4. The van der Waals surface area contributed by atoms with Crippen LogP contribution in [0.25, 0.3) is 22.4 Å². The highest BCUT2D eigenvalue weighted by molar-refractivity contribution is 5.80. The zero-order valence-corrected chi connectivity index (χ0v) is 12.6. The van der Waals surface area contributed by atoms with Crippen LogP contribution >= 0.6 is 0 Å². The van der Waals surface area contributed by atoms with Crippen molar-refractivity contribution in [2.24, 2.45) is 7.05 Å². The number of aromatic nitrogens is 2. The summed E-state index contributed by atoms with van der Waals surface area (Å²) in [6, 6.07) is 5.23. The fourth-order valence-corrected chi connectivity index (χ4v) is 2.61. The van der Waals surface area contributed by atoms with Crippen LogP contribution in [-0.2, 0) is 13.5 Å². The Kier molecular flexibility index (Phi) is 3.16. The molecule has 0 bridgehead atoms. The molecular weight excluding hydrogens is 284 g/mol. The summed E-state index contributed by atoms with van der Waals surface area (Å²) in [4.78, 5) is 26.3. The Hall–Kier alpha value is -2.76. The third-order valence-electron chi connectivity index (χ3n) is 3.96. The first-order valence-corrected chi connectivity index (χ1v) is 6.98. The molecule has 6 heteroatoms. The van der Waals surface area contributed by atoms with Crippen molar-refractivity contribution in [2.45, 2.75) is 20.3 Å². The molecule has 0 unspecified atom stereocenters. The van der Waals surface area contributed by atoms with Crippen LogP contribution < -0.4 is 11.3 Å². The van der Waals surface area contributed by atoms with Gasteiger partial charge in [0.05, 0.1) is 16.8 Å². The minimum Gasteiger partial charge on any atom is -0.507 e. The lowest BCUT2D eigenvalue weighted by molar-refractivity contribution is 0.463. The van der Waals surface area contributed by atoms with E-state index < -0.39 is 5.76 Å². The molecule has 2 N–H and O–H groups in total. The van der Waals surface area contributed by atoms with Crippen LogP contribution in [0.3, 0.4) is 0 Å². The smallest absolute Gasteiger partial charge is 0.419 e. The maximum absolute atomic E-state index is 11.9. The molecule has 2 aromatic heterocycles. The molecule has 3 rings (SSSR count). The number of aromatic hydroxyl groups is 1. The molecule has 3 aromatic rings. The number of fused-ring (bicyclic) bond motifs is 1. The van der Waals surface area contributed by atoms with Crippen LogP contribution in [-0.4, -0.2) is 14.7 Å². The van der Waals surface area contributed by atoms with Gasteiger partial charge in [0.15, 0.2) is 5.58 Å². The standard InChI is InChI=1S/C16H16N2O4/c1-4-10-13(17-15(20)8(2)14(10)19)9-5-6-11-12(7-9)22-16(21)18(11)3/h5-7H,4H2,1-3H3,(H2,17,19,20). The van der Waals surface area contributed by atoms with Gasteiger partial charge in [-0.2, -0.15) is 0 Å². The Morgan fingerprint density at radius 1 is 1.32 bits per heavy atom. The normalized spacial score (nSPS) is 11.2. The monoisotopic (exact) mass is 300 g/mol. The van der Waals surface area contributed by atoms with Crippen LogP contribution in [0.4, 0.5) is 0 Å². The predicted molar refractivity (Wildman–Crippen MR) is 83.3 cm³/mol. The van der Waals surface area contributed by atoms with Gasteiger partial charge in [0.25, 0.3) is 5.56 Å². The number of benzene rings is 1. The molecule has 6 nitrogen and oxygen atoms in total. The number of nitrogens with one attached hydrogen (secondary N) is 1. The first-order chi connectivity index (χ1) is 10.4. The summed E-state index contributed by atoms with van der Waals surface area (Å²) in [5.41, 5.74) is 2.97. The van der Waals surface area contributed by atoms with E-state index in [1.54, 1.807) is 32.2 Å². The molecule has 1 aromatic carbocycles. The summed E-state index contributed by atoms with van der Waals surface area (Å²) in [7, 11) is 1.63. The Morgan fingerprint density at radius 3 is 2.73 bits per heavy atom. The van der Waals surface area contributed by atoms with E-state index in [9.17, 15) is 14.7 Å². The molecule has 22 heavy (non-hydrogen) atoms. The van der Waals surface area contributed by atoms with E-state index in [0.717, 1.165) is 0 Å². The first-order valence-electron chi connectivity index (χ1n) is 6.98. The molecule has 0 spiro atoms. The average molecular weight is 300 g/mol. The van der Waals surface area contributed by atoms with E-state index in [1.807, 2.05) is 6.92 Å². The third-order valence-corrected chi connectivity index (χ3v) is 3.96. The molecule has 0 atom stereocenters. The van der Waals surface area contributed by atoms with Gasteiger partial charge < -0.3 is 14.5 Å². The van der Waals surface area contributed by atoms with E-state index in [4.69, 9.17) is 4.42 Å². The van der Waals surface area contributed by atoms with Crippen molar-refractivity contribution in [2.75, 3.05) is 0 Å². The van der Waals surface area contributed by atoms with Crippen molar-refractivity contribution in [1.82, 2.24) is 9.55 Å². The van der Waals surface area contributed by atoms with Gasteiger partial charge in [0.2, 0.25) is 0 Å². The summed E-state index contributed by atoms with van der Waals surface area (Å²) < 4.78 is 6.58. The topological polar surface area (TPSA) is 88.2 Å². The fourth-order valence-electron chi connectivity index (χ4n) is 2.61. The lowest BCUT2D eigenvalue weighted by Crippen LogP contribution is -2.13. The largest absolute Gasteiger partial charge is 0.507 e. The van der Waals surface area contributed by atoms with Crippen LogP contribution in [0.5, 0.6) is 5.75 Å². The van der Waals surface area contributed by atoms with E-state index in [0.29, 0.717) is 39.9 Å². The van der Waals surface area contributed by atoms with Crippen LogP contribution in [0.15, 0.2) is 32.2 Å². The molecule has 0 aliphatic rings. The van der Waals surface area contributed by atoms with Crippen molar-refractivity contribution in [1.29, 1.82) is 0 Å². The number of H-pyrrole nitrogens is 1. The predicted octanol–water partition coefficient (Wildman–Crippen LogP) is 2.06. The van der Waals surface area contributed by atoms with Gasteiger partial charge in [-0.15, -0.1) is 0 Å². The maximum atomic E-state index is 11.9. The lowest BCUT2D eigenvalue weighted by atomic mass is 10.0. The minimum absolute atomic E-state index is 0.0101. The third kappa shape index (κ3) is 1.95. The fraction of sp³-hybridized carbons (Fsp3) is 0.250. The number of rotatable bonds is 2. The highest BCUT2D eigenvalue weighted by Crippen LogP contribution is 2.30. The molecule has 0 amide bonds. The Morgan fingerprint density at radius 2 is 2.05 bits per heavy atom. The van der Waals surface area contributed by atoms with E-state index in [2.05, 4.69) is 4.98 Å². The summed E-state index contributed by atoms with van der Waals surface area (Å²) in [6.45, 7) is 3.48. The van der Waals surface area contributed by atoms with Gasteiger partial charge in [-0.3, -0.25) is 9.36 Å². The van der Waals surface area contributed by atoms with Gasteiger partial charge in [0, 0.05) is 18.2 Å². The second kappa shape index (κ2) is 4.91. The van der Waals surface area contributed by atoms with Crippen LogP contribution in [0.1, 0.15) is 18.1 Å². The maximum Gasteiger partial charge on any atom is 0.419 e. The van der Waals surface area contributed by atoms with E-state index in [-0.39, 0.29) is 11.3 Å². The number of pyridine rings is 1. The van der Waals surface area contributed by atoms with E-state index in [1.165, 1.54) is 4.57 Å². The van der Waals surface area contributed by atoms with Crippen molar-refractivity contribution in [3.63, 3.8) is 0 Å². The second-order valence-corrected chi connectivity index (χ2v) is 5.24. The van der Waals surface area contributed by atoms with Gasteiger partial charge in [-0.25, -0.2) is 4.79 Å². The summed E-state index contributed by atoms with van der Waals surface area (Å²) in [5, 5.41) is 10.2. The van der Waals surface area contributed by atoms with Crippen molar-refractivity contribution in [3.8, 4) is 17.0 Å². The molecule has 0 fully saturated rings. The molecule has 2 heterocycles. The summed E-state index contributed by atoms with van der Waals surface area (Å²) in [5.74, 6) is -0.432. The number of aryl methyl sites for hydroxylation is 1. The van der Waals surface area contributed by atoms with Gasteiger partial charge in [-0.1, -0.05) is 13.0 Å². The van der Waals surface area contributed by atoms with E-state index >= 15 is 0 Å². The number of hydrogen-bond donors (Lipinski definition) is 2. The number of oxazole rings is 1.